The Bertz CT molecular complexity index is 597. The molecule has 0 bridgehead atoms. The molecule has 0 aliphatic carbocycles. The van der Waals surface area contributed by atoms with Gasteiger partial charge in [-0.1, -0.05) is 36.4 Å². The van der Waals surface area contributed by atoms with Gasteiger partial charge in [-0.2, -0.15) is 0 Å². The first-order valence-corrected chi connectivity index (χ1v) is 6.87. The van der Waals surface area contributed by atoms with Crippen LogP contribution in [0.2, 0.25) is 0 Å². The van der Waals surface area contributed by atoms with Crippen molar-refractivity contribution in [3.8, 4) is 0 Å². The molecule has 4 heteroatoms. The fraction of sp³-hybridized carbons (Fsp3) is 0.235. The summed E-state index contributed by atoms with van der Waals surface area (Å²) in [5, 5.41) is 12.6. The Hall–Kier alpha value is -2.49. The van der Waals surface area contributed by atoms with Crippen LogP contribution in [0.3, 0.4) is 0 Å². The van der Waals surface area contributed by atoms with E-state index in [2.05, 4.69) is 5.32 Å². The standard InChI is InChI=1S/C17H20N2O2/c1-19(2)15-10-6-9-14(11-15)18-12-16(17(20)21)13-7-4-3-5-8-13/h3-11,16,18H,12H2,1-2H3,(H,20,21). The maximum Gasteiger partial charge on any atom is 0.312 e. The first kappa shape index (κ1) is 14.9. The summed E-state index contributed by atoms with van der Waals surface area (Å²) in [7, 11) is 3.95. The molecule has 110 valence electrons. The van der Waals surface area contributed by atoms with Crippen molar-refractivity contribution < 1.29 is 9.90 Å². The average Bonchev–Trinajstić information content (AvgIpc) is 2.48. The Morgan fingerprint density at radius 1 is 1.14 bits per heavy atom. The van der Waals surface area contributed by atoms with Crippen molar-refractivity contribution in [2.75, 3.05) is 30.9 Å². The van der Waals surface area contributed by atoms with E-state index >= 15 is 0 Å². The van der Waals surface area contributed by atoms with Crippen LogP contribution in [0.4, 0.5) is 11.4 Å². The average molecular weight is 284 g/mol. The van der Waals surface area contributed by atoms with E-state index in [0.717, 1.165) is 16.9 Å². The third-order valence-electron chi connectivity index (χ3n) is 3.37. The highest BCUT2D eigenvalue weighted by molar-refractivity contribution is 5.77. The minimum Gasteiger partial charge on any atom is -0.481 e. The lowest BCUT2D eigenvalue weighted by atomic mass is 9.99. The van der Waals surface area contributed by atoms with Gasteiger partial charge in [0.25, 0.3) is 0 Å². The van der Waals surface area contributed by atoms with E-state index in [9.17, 15) is 9.90 Å². The summed E-state index contributed by atoms with van der Waals surface area (Å²) in [5.41, 5.74) is 2.80. The number of carbonyl (C=O) groups is 1. The zero-order valence-electron chi connectivity index (χ0n) is 12.3. The second-order valence-corrected chi connectivity index (χ2v) is 5.13. The highest BCUT2D eigenvalue weighted by Crippen LogP contribution is 2.20. The van der Waals surface area contributed by atoms with Crippen molar-refractivity contribution in [3.63, 3.8) is 0 Å². The number of rotatable bonds is 6. The summed E-state index contributed by atoms with van der Waals surface area (Å²) < 4.78 is 0. The van der Waals surface area contributed by atoms with Gasteiger partial charge in [0.2, 0.25) is 0 Å². The fourth-order valence-electron chi connectivity index (χ4n) is 2.15. The van der Waals surface area contributed by atoms with E-state index in [0.29, 0.717) is 6.54 Å². The van der Waals surface area contributed by atoms with Crippen LogP contribution in [0.25, 0.3) is 0 Å². The van der Waals surface area contributed by atoms with E-state index in [1.807, 2.05) is 73.6 Å². The van der Waals surface area contributed by atoms with Gasteiger partial charge in [-0.15, -0.1) is 0 Å². The number of carboxylic acids is 1. The van der Waals surface area contributed by atoms with Crippen molar-refractivity contribution in [1.82, 2.24) is 0 Å². The molecular formula is C17H20N2O2. The normalized spacial score (nSPS) is 11.7. The molecule has 2 N–H and O–H groups in total. The van der Waals surface area contributed by atoms with Crippen molar-refractivity contribution in [2.45, 2.75) is 5.92 Å². The molecule has 0 saturated carbocycles. The number of carboxylic acid groups (broad SMARTS) is 1. The van der Waals surface area contributed by atoms with Gasteiger partial charge in [-0.3, -0.25) is 4.79 Å². The van der Waals surface area contributed by atoms with Gasteiger partial charge in [0.1, 0.15) is 0 Å². The summed E-state index contributed by atoms with van der Waals surface area (Å²) in [6.45, 7) is 0.357. The van der Waals surface area contributed by atoms with E-state index < -0.39 is 11.9 Å². The lowest BCUT2D eigenvalue weighted by Gasteiger charge is -2.17. The van der Waals surface area contributed by atoms with Gasteiger partial charge >= 0.3 is 5.97 Å². The van der Waals surface area contributed by atoms with Gasteiger partial charge in [-0.25, -0.2) is 0 Å². The fourth-order valence-corrected chi connectivity index (χ4v) is 2.15. The van der Waals surface area contributed by atoms with Crippen molar-refractivity contribution in [3.05, 3.63) is 60.2 Å². The third kappa shape index (κ3) is 3.99. The molecule has 0 aliphatic rings. The zero-order valence-corrected chi connectivity index (χ0v) is 12.3. The zero-order chi connectivity index (χ0) is 15.2. The Kier molecular flexibility index (Phi) is 4.82. The number of aliphatic carboxylic acids is 1. The first-order chi connectivity index (χ1) is 10.1. The van der Waals surface area contributed by atoms with E-state index in [1.165, 1.54) is 0 Å². The highest BCUT2D eigenvalue weighted by atomic mass is 16.4. The molecule has 0 saturated heterocycles. The molecule has 21 heavy (non-hydrogen) atoms. The molecule has 2 rings (SSSR count). The summed E-state index contributed by atoms with van der Waals surface area (Å²) in [6.07, 6.45) is 0. The van der Waals surface area contributed by atoms with E-state index in [-0.39, 0.29) is 0 Å². The van der Waals surface area contributed by atoms with Crippen LogP contribution in [0.15, 0.2) is 54.6 Å². The number of hydrogen-bond donors (Lipinski definition) is 2. The minimum atomic E-state index is -0.822. The van der Waals surface area contributed by atoms with Crippen LogP contribution < -0.4 is 10.2 Å². The van der Waals surface area contributed by atoms with Gasteiger partial charge in [-0.05, 0) is 23.8 Å². The molecule has 0 radical (unpaired) electrons. The van der Waals surface area contributed by atoms with Crippen molar-refractivity contribution in [2.24, 2.45) is 0 Å². The number of anilines is 2. The maximum absolute atomic E-state index is 11.4. The monoisotopic (exact) mass is 284 g/mol. The Balaban J connectivity index is 2.09. The second kappa shape index (κ2) is 6.79. The predicted molar refractivity (Wildman–Crippen MR) is 86.1 cm³/mol. The van der Waals surface area contributed by atoms with Crippen LogP contribution >= 0.6 is 0 Å². The molecule has 0 aromatic heterocycles. The van der Waals surface area contributed by atoms with Gasteiger partial charge in [0.05, 0.1) is 5.92 Å². The lowest BCUT2D eigenvalue weighted by Crippen LogP contribution is -2.21. The van der Waals surface area contributed by atoms with Crippen LogP contribution in [0.1, 0.15) is 11.5 Å². The Labute approximate surface area is 125 Å². The molecule has 2 aromatic carbocycles. The van der Waals surface area contributed by atoms with Crippen LogP contribution in [-0.4, -0.2) is 31.7 Å². The van der Waals surface area contributed by atoms with Crippen LogP contribution in [-0.2, 0) is 4.79 Å². The van der Waals surface area contributed by atoms with Crippen LogP contribution in [0.5, 0.6) is 0 Å². The van der Waals surface area contributed by atoms with E-state index in [1.54, 1.807) is 0 Å². The Morgan fingerprint density at radius 2 is 1.86 bits per heavy atom. The molecular weight excluding hydrogens is 264 g/mol. The SMILES string of the molecule is CN(C)c1cccc(NCC(C(=O)O)c2ccccc2)c1. The molecule has 2 aromatic rings. The number of nitrogens with one attached hydrogen (secondary N) is 1. The maximum atomic E-state index is 11.4. The smallest absolute Gasteiger partial charge is 0.312 e. The van der Waals surface area contributed by atoms with Crippen LogP contribution in [0, 0.1) is 0 Å². The van der Waals surface area contributed by atoms with Gasteiger partial charge in [0.15, 0.2) is 0 Å². The first-order valence-electron chi connectivity index (χ1n) is 6.87. The third-order valence-corrected chi connectivity index (χ3v) is 3.37. The topological polar surface area (TPSA) is 52.6 Å². The molecule has 1 atom stereocenters. The molecule has 0 aliphatic heterocycles. The van der Waals surface area contributed by atoms with E-state index in [4.69, 9.17) is 0 Å². The molecule has 0 heterocycles. The molecule has 1 unspecified atom stereocenters. The number of hydrogen-bond acceptors (Lipinski definition) is 3. The summed E-state index contributed by atoms with van der Waals surface area (Å²) in [6, 6.07) is 17.2. The second-order valence-electron chi connectivity index (χ2n) is 5.13. The summed E-state index contributed by atoms with van der Waals surface area (Å²) >= 11 is 0. The van der Waals surface area contributed by atoms with Gasteiger partial charge in [0, 0.05) is 32.0 Å². The lowest BCUT2D eigenvalue weighted by molar-refractivity contribution is -0.138. The number of benzene rings is 2. The van der Waals surface area contributed by atoms with Gasteiger partial charge < -0.3 is 15.3 Å². The molecule has 4 nitrogen and oxygen atoms in total. The molecule has 0 amide bonds. The Morgan fingerprint density at radius 3 is 2.48 bits per heavy atom. The van der Waals surface area contributed by atoms with Crippen molar-refractivity contribution >= 4 is 17.3 Å². The largest absolute Gasteiger partial charge is 0.481 e. The highest BCUT2D eigenvalue weighted by Gasteiger charge is 2.19. The number of nitrogens with zero attached hydrogens (tertiary/aromatic N) is 1. The summed E-state index contributed by atoms with van der Waals surface area (Å²) in [5.74, 6) is -1.38. The quantitative estimate of drug-likeness (QED) is 0.856. The molecule has 0 spiro atoms. The predicted octanol–water partition coefficient (Wildman–Crippen LogP) is 3.03. The summed E-state index contributed by atoms with van der Waals surface area (Å²) in [4.78, 5) is 13.5. The minimum absolute atomic E-state index is 0.357. The van der Waals surface area contributed by atoms with Crippen molar-refractivity contribution in [1.29, 1.82) is 0 Å². The molecule has 0 fully saturated rings.